The molecule has 92 valence electrons. The second kappa shape index (κ2) is 7.13. The lowest BCUT2D eigenvalue weighted by Gasteiger charge is -2.26. The maximum Gasteiger partial charge on any atom is 0.0409 e. The molecule has 0 amide bonds. The summed E-state index contributed by atoms with van der Waals surface area (Å²) in [5.74, 6) is 0. The van der Waals surface area contributed by atoms with Crippen molar-refractivity contribution in [2.24, 2.45) is 5.73 Å². The fraction of sp³-hybridized carbons (Fsp3) is 0.500. The molecule has 16 heavy (non-hydrogen) atoms. The lowest BCUT2D eigenvalue weighted by molar-refractivity contribution is 0.249. The summed E-state index contributed by atoms with van der Waals surface area (Å²) in [4.78, 5) is 2.23. The van der Waals surface area contributed by atoms with Gasteiger partial charge in [0.15, 0.2) is 0 Å². The van der Waals surface area contributed by atoms with Crippen molar-refractivity contribution in [3.8, 4) is 0 Å². The topological polar surface area (TPSA) is 29.3 Å². The van der Waals surface area contributed by atoms with Crippen LogP contribution >= 0.6 is 24.0 Å². The van der Waals surface area contributed by atoms with Crippen LogP contribution in [0.15, 0.2) is 24.3 Å². The molecule has 0 aliphatic carbocycles. The molecule has 2 atom stereocenters. The molecule has 0 saturated heterocycles. The van der Waals surface area contributed by atoms with E-state index in [4.69, 9.17) is 17.3 Å². The van der Waals surface area contributed by atoms with Gasteiger partial charge in [0.1, 0.15) is 0 Å². The zero-order valence-corrected chi connectivity index (χ0v) is 11.6. The van der Waals surface area contributed by atoms with Gasteiger partial charge in [0.05, 0.1) is 0 Å². The van der Waals surface area contributed by atoms with E-state index >= 15 is 0 Å². The van der Waals surface area contributed by atoms with Crippen molar-refractivity contribution in [3.05, 3.63) is 34.9 Å². The number of hydrogen-bond donors (Lipinski definition) is 1. The number of halogens is 2. The van der Waals surface area contributed by atoms with Gasteiger partial charge >= 0.3 is 0 Å². The van der Waals surface area contributed by atoms with Crippen molar-refractivity contribution < 1.29 is 0 Å². The minimum atomic E-state index is 0. The number of nitrogens with zero attached hydrogens (tertiary/aromatic N) is 1. The van der Waals surface area contributed by atoms with Crippen molar-refractivity contribution in [3.63, 3.8) is 0 Å². The van der Waals surface area contributed by atoms with E-state index < -0.39 is 0 Å². The van der Waals surface area contributed by atoms with Gasteiger partial charge in [0, 0.05) is 23.7 Å². The lowest BCUT2D eigenvalue weighted by atomic mass is 10.1. The van der Waals surface area contributed by atoms with E-state index in [-0.39, 0.29) is 18.4 Å². The Kier molecular flexibility index (Phi) is 7.00. The average Bonchev–Trinajstić information content (AvgIpc) is 2.15. The van der Waals surface area contributed by atoms with Crippen molar-refractivity contribution in [2.45, 2.75) is 25.9 Å². The van der Waals surface area contributed by atoms with Gasteiger partial charge in [-0.1, -0.05) is 23.7 Å². The lowest BCUT2D eigenvalue weighted by Crippen LogP contribution is -2.34. The summed E-state index contributed by atoms with van der Waals surface area (Å²) in [5, 5.41) is 0.786. The molecule has 0 spiro atoms. The van der Waals surface area contributed by atoms with Gasteiger partial charge in [-0.25, -0.2) is 0 Å². The Morgan fingerprint density at radius 2 is 2.00 bits per heavy atom. The van der Waals surface area contributed by atoms with Crippen LogP contribution in [0.2, 0.25) is 5.02 Å². The third-order valence-corrected chi connectivity index (χ3v) is 2.80. The van der Waals surface area contributed by atoms with Crippen LogP contribution in [-0.2, 0) is 0 Å². The predicted molar refractivity (Wildman–Crippen MR) is 73.4 cm³/mol. The normalized spacial score (nSPS) is 14.4. The van der Waals surface area contributed by atoms with E-state index in [2.05, 4.69) is 24.9 Å². The number of hydrogen-bond acceptors (Lipinski definition) is 2. The van der Waals surface area contributed by atoms with E-state index in [1.54, 1.807) is 0 Å². The molecule has 1 rings (SSSR count). The van der Waals surface area contributed by atoms with Crippen molar-refractivity contribution in [1.82, 2.24) is 4.90 Å². The monoisotopic (exact) mass is 262 g/mol. The van der Waals surface area contributed by atoms with Crippen molar-refractivity contribution >= 4 is 24.0 Å². The van der Waals surface area contributed by atoms with Gasteiger partial charge in [-0.2, -0.15) is 0 Å². The highest BCUT2D eigenvalue weighted by atomic mass is 35.5. The summed E-state index contributed by atoms with van der Waals surface area (Å²) < 4.78 is 0. The predicted octanol–water partition coefficient (Wildman–Crippen LogP) is 3.10. The van der Waals surface area contributed by atoms with Crippen molar-refractivity contribution in [1.29, 1.82) is 0 Å². The highest BCUT2D eigenvalue weighted by Gasteiger charge is 2.12. The summed E-state index contributed by atoms with van der Waals surface area (Å²) >= 11 is 5.96. The number of likely N-dealkylation sites (N-methyl/N-ethyl adjacent to an activating group) is 1. The molecule has 0 heterocycles. The maximum absolute atomic E-state index is 5.96. The highest BCUT2D eigenvalue weighted by Crippen LogP contribution is 2.21. The third-order valence-electron chi connectivity index (χ3n) is 2.57. The average molecular weight is 263 g/mol. The van der Waals surface area contributed by atoms with Crippen LogP contribution in [0.25, 0.3) is 0 Å². The SMILES string of the molecule is CC(N)CN(C)C(C)c1cccc(Cl)c1.Cl. The number of rotatable bonds is 4. The molecule has 2 N–H and O–H groups in total. The van der Waals surface area contributed by atoms with E-state index in [9.17, 15) is 0 Å². The fourth-order valence-corrected chi connectivity index (χ4v) is 1.83. The van der Waals surface area contributed by atoms with Gasteiger partial charge in [0.25, 0.3) is 0 Å². The summed E-state index contributed by atoms with van der Waals surface area (Å²) in [6, 6.07) is 8.50. The van der Waals surface area contributed by atoms with Gasteiger partial charge < -0.3 is 5.73 Å². The second-order valence-electron chi connectivity index (χ2n) is 4.15. The van der Waals surface area contributed by atoms with E-state index in [1.807, 2.05) is 25.1 Å². The Morgan fingerprint density at radius 1 is 1.38 bits per heavy atom. The number of benzene rings is 1. The smallest absolute Gasteiger partial charge is 0.0409 e. The largest absolute Gasteiger partial charge is 0.327 e. The fourth-order valence-electron chi connectivity index (χ4n) is 1.63. The maximum atomic E-state index is 5.96. The quantitative estimate of drug-likeness (QED) is 0.904. The van der Waals surface area contributed by atoms with E-state index in [0.717, 1.165) is 11.6 Å². The molecular weight excluding hydrogens is 243 g/mol. The van der Waals surface area contributed by atoms with Gasteiger partial charge in [-0.05, 0) is 38.6 Å². The van der Waals surface area contributed by atoms with Crippen LogP contribution in [0.3, 0.4) is 0 Å². The first-order valence-electron chi connectivity index (χ1n) is 5.22. The van der Waals surface area contributed by atoms with Crippen LogP contribution in [-0.4, -0.2) is 24.5 Å². The highest BCUT2D eigenvalue weighted by molar-refractivity contribution is 6.30. The van der Waals surface area contributed by atoms with Crippen LogP contribution in [0.1, 0.15) is 25.5 Å². The minimum absolute atomic E-state index is 0. The summed E-state index contributed by atoms with van der Waals surface area (Å²) in [5.41, 5.74) is 7.00. The Hall–Kier alpha value is -0.280. The van der Waals surface area contributed by atoms with E-state index in [1.165, 1.54) is 5.56 Å². The van der Waals surface area contributed by atoms with Crippen LogP contribution in [0.4, 0.5) is 0 Å². The molecule has 1 aromatic rings. The molecule has 0 aliphatic heterocycles. The Labute approximate surface area is 109 Å². The Balaban J connectivity index is 0.00000225. The van der Waals surface area contributed by atoms with Crippen LogP contribution in [0.5, 0.6) is 0 Å². The first kappa shape index (κ1) is 15.7. The first-order chi connectivity index (χ1) is 7.00. The molecule has 0 saturated carbocycles. The Bertz CT molecular complexity index is 316. The molecular formula is C12H20Cl2N2. The molecule has 2 nitrogen and oxygen atoms in total. The van der Waals surface area contributed by atoms with Gasteiger partial charge in [-0.15, -0.1) is 12.4 Å². The summed E-state index contributed by atoms with van der Waals surface area (Å²) in [6.07, 6.45) is 0. The van der Waals surface area contributed by atoms with E-state index in [0.29, 0.717) is 6.04 Å². The van der Waals surface area contributed by atoms with Gasteiger partial charge in [-0.3, -0.25) is 4.90 Å². The molecule has 4 heteroatoms. The van der Waals surface area contributed by atoms with Crippen LogP contribution in [0, 0.1) is 0 Å². The molecule has 0 bridgehead atoms. The first-order valence-corrected chi connectivity index (χ1v) is 5.59. The molecule has 0 fully saturated rings. The minimum Gasteiger partial charge on any atom is -0.327 e. The molecule has 2 unspecified atom stereocenters. The van der Waals surface area contributed by atoms with Gasteiger partial charge in [0.2, 0.25) is 0 Å². The number of nitrogens with two attached hydrogens (primary N) is 1. The second-order valence-corrected chi connectivity index (χ2v) is 4.58. The third kappa shape index (κ3) is 4.71. The zero-order valence-electron chi connectivity index (χ0n) is 9.98. The van der Waals surface area contributed by atoms with Crippen LogP contribution < -0.4 is 5.73 Å². The molecule has 0 radical (unpaired) electrons. The zero-order chi connectivity index (χ0) is 11.4. The molecule has 0 aliphatic rings. The standard InChI is InChI=1S/C12H19ClN2.ClH/c1-9(14)8-15(3)10(2)11-5-4-6-12(13)7-11;/h4-7,9-10H,8,14H2,1-3H3;1H. The summed E-state index contributed by atoms with van der Waals surface area (Å²) in [6.45, 7) is 5.06. The molecule has 1 aromatic carbocycles. The van der Waals surface area contributed by atoms with Crippen molar-refractivity contribution in [2.75, 3.05) is 13.6 Å². The Morgan fingerprint density at radius 3 is 2.50 bits per heavy atom. The summed E-state index contributed by atoms with van der Waals surface area (Å²) in [7, 11) is 2.08. The molecule has 0 aromatic heterocycles.